The van der Waals surface area contributed by atoms with Crippen LogP contribution in [0.2, 0.25) is 0 Å². The van der Waals surface area contributed by atoms with Gasteiger partial charge in [-0.25, -0.2) is 0 Å². The second kappa shape index (κ2) is 11.4. The van der Waals surface area contributed by atoms with E-state index in [1.165, 1.54) is 17.3 Å². The van der Waals surface area contributed by atoms with E-state index in [0.717, 1.165) is 42.4 Å². The standard InChI is InChI=1S/C26H30N4O4S/c1-17-5-10-21(18(2)15-17)34-14-11-27-24(32)19-6-8-20(9-7-19)28-23(31)16-22-25(33)29-26(35-22)30-12-3-4-13-30/h5-10,15,22H,3-4,11-14,16H2,1-2H3,(H,27,32)(H,28,31). The molecule has 8 nitrogen and oxygen atoms in total. The van der Waals surface area contributed by atoms with Gasteiger partial charge in [0.1, 0.15) is 17.6 Å². The molecule has 0 aromatic heterocycles. The third kappa shape index (κ3) is 6.63. The molecule has 9 heteroatoms. The Morgan fingerprint density at radius 1 is 1.11 bits per heavy atom. The van der Waals surface area contributed by atoms with Crippen LogP contribution < -0.4 is 15.4 Å². The minimum atomic E-state index is -0.485. The maximum absolute atomic E-state index is 12.5. The van der Waals surface area contributed by atoms with Crippen molar-refractivity contribution in [1.29, 1.82) is 0 Å². The van der Waals surface area contributed by atoms with Gasteiger partial charge in [-0.15, -0.1) is 0 Å². The van der Waals surface area contributed by atoms with Crippen LogP contribution in [0.4, 0.5) is 5.69 Å². The molecule has 2 heterocycles. The number of hydrogen-bond acceptors (Lipinski definition) is 6. The van der Waals surface area contributed by atoms with Gasteiger partial charge in [0.2, 0.25) is 5.91 Å². The van der Waals surface area contributed by atoms with Gasteiger partial charge in [-0.05, 0) is 62.6 Å². The summed E-state index contributed by atoms with van der Waals surface area (Å²) in [7, 11) is 0. The van der Waals surface area contributed by atoms with Crippen LogP contribution in [0.15, 0.2) is 47.5 Å². The predicted octanol–water partition coefficient (Wildman–Crippen LogP) is 3.53. The number of aryl methyl sites for hydroxylation is 2. The molecule has 2 aliphatic rings. The lowest BCUT2D eigenvalue weighted by molar-refractivity contribution is -0.121. The van der Waals surface area contributed by atoms with E-state index in [9.17, 15) is 14.4 Å². The fourth-order valence-electron chi connectivity index (χ4n) is 4.03. The van der Waals surface area contributed by atoms with Crippen LogP contribution in [0.3, 0.4) is 0 Å². The maximum atomic E-state index is 12.5. The van der Waals surface area contributed by atoms with Gasteiger partial charge in [0.15, 0.2) is 5.17 Å². The van der Waals surface area contributed by atoms with E-state index in [1.54, 1.807) is 24.3 Å². The molecular weight excluding hydrogens is 464 g/mol. The molecular formula is C26H30N4O4S. The third-order valence-electron chi connectivity index (χ3n) is 5.88. The number of amidine groups is 1. The van der Waals surface area contributed by atoms with Crippen LogP contribution in [-0.2, 0) is 9.59 Å². The Morgan fingerprint density at radius 3 is 2.57 bits per heavy atom. The van der Waals surface area contributed by atoms with E-state index in [1.807, 2.05) is 26.0 Å². The third-order valence-corrected chi connectivity index (χ3v) is 7.10. The normalized spacial score (nSPS) is 17.3. The first-order valence-corrected chi connectivity index (χ1v) is 12.7. The highest BCUT2D eigenvalue weighted by atomic mass is 32.2. The molecule has 0 radical (unpaired) electrons. The molecule has 35 heavy (non-hydrogen) atoms. The number of aliphatic imine (C=N–C) groups is 1. The van der Waals surface area contributed by atoms with Crippen LogP contribution >= 0.6 is 11.8 Å². The number of nitrogens with one attached hydrogen (secondary N) is 2. The van der Waals surface area contributed by atoms with Gasteiger partial charge in [-0.1, -0.05) is 29.5 Å². The zero-order valence-corrected chi connectivity index (χ0v) is 20.8. The summed E-state index contributed by atoms with van der Waals surface area (Å²) in [6.45, 7) is 6.59. The van der Waals surface area contributed by atoms with Gasteiger partial charge in [0.25, 0.3) is 11.8 Å². The number of ether oxygens (including phenoxy) is 1. The summed E-state index contributed by atoms with van der Waals surface area (Å²) in [6.07, 6.45) is 2.27. The molecule has 3 amide bonds. The number of likely N-dealkylation sites (tertiary alicyclic amines) is 1. The van der Waals surface area contributed by atoms with Crippen molar-refractivity contribution in [2.45, 2.75) is 38.4 Å². The van der Waals surface area contributed by atoms with Crippen molar-refractivity contribution < 1.29 is 19.1 Å². The van der Waals surface area contributed by atoms with Crippen LogP contribution in [0.1, 0.15) is 40.7 Å². The number of rotatable bonds is 8. The van der Waals surface area contributed by atoms with Gasteiger partial charge in [-0.2, -0.15) is 4.99 Å². The smallest absolute Gasteiger partial charge is 0.262 e. The van der Waals surface area contributed by atoms with Crippen molar-refractivity contribution in [3.8, 4) is 5.75 Å². The summed E-state index contributed by atoms with van der Waals surface area (Å²) in [5.41, 5.74) is 3.29. The van der Waals surface area contributed by atoms with Gasteiger partial charge < -0.3 is 20.3 Å². The molecule has 1 fully saturated rings. The van der Waals surface area contributed by atoms with Crippen molar-refractivity contribution in [2.24, 2.45) is 4.99 Å². The monoisotopic (exact) mass is 494 g/mol. The fraction of sp³-hybridized carbons (Fsp3) is 0.385. The highest BCUT2D eigenvalue weighted by Crippen LogP contribution is 2.29. The molecule has 2 aliphatic heterocycles. The Labute approximate surface area is 209 Å². The first-order chi connectivity index (χ1) is 16.9. The van der Waals surface area contributed by atoms with E-state index in [0.29, 0.717) is 24.4 Å². The van der Waals surface area contributed by atoms with Crippen molar-refractivity contribution in [3.05, 3.63) is 59.2 Å². The number of hydrogen-bond donors (Lipinski definition) is 2. The minimum Gasteiger partial charge on any atom is -0.491 e. The molecule has 184 valence electrons. The van der Waals surface area contributed by atoms with Crippen molar-refractivity contribution >= 4 is 40.3 Å². The molecule has 0 aliphatic carbocycles. The van der Waals surface area contributed by atoms with E-state index in [-0.39, 0.29) is 24.1 Å². The lowest BCUT2D eigenvalue weighted by Crippen LogP contribution is -2.28. The molecule has 1 unspecified atom stereocenters. The van der Waals surface area contributed by atoms with E-state index in [2.05, 4.69) is 26.6 Å². The fourth-order valence-corrected chi connectivity index (χ4v) is 5.14. The van der Waals surface area contributed by atoms with E-state index in [4.69, 9.17) is 4.74 Å². The van der Waals surface area contributed by atoms with Gasteiger partial charge in [0, 0.05) is 30.8 Å². The molecule has 2 N–H and O–H groups in total. The van der Waals surface area contributed by atoms with Gasteiger partial charge in [-0.3, -0.25) is 14.4 Å². The Balaban J connectivity index is 1.19. The number of carbonyl (C=O) groups is 3. The second-order valence-corrected chi connectivity index (χ2v) is 9.91. The summed E-state index contributed by atoms with van der Waals surface area (Å²) < 4.78 is 5.74. The van der Waals surface area contributed by atoms with Gasteiger partial charge in [0.05, 0.1) is 6.54 Å². The summed E-state index contributed by atoms with van der Waals surface area (Å²) in [5.74, 6) is 0.0863. The number of anilines is 1. The molecule has 1 saturated heterocycles. The number of amides is 3. The van der Waals surface area contributed by atoms with Crippen LogP contribution in [-0.4, -0.2) is 59.3 Å². The average Bonchev–Trinajstić information content (AvgIpc) is 3.48. The first-order valence-electron chi connectivity index (χ1n) is 11.8. The van der Waals surface area contributed by atoms with Crippen LogP contribution in [0.25, 0.3) is 0 Å². The summed E-state index contributed by atoms with van der Waals surface area (Å²) >= 11 is 1.37. The molecule has 1 atom stereocenters. The lowest BCUT2D eigenvalue weighted by atomic mass is 10.1. The number of nitrogens with zero attached hydrogens (tertiary/aromatic N) is 2. The summed E-state index contributed by atoms with van der Waals surface area (Å²) in [6, 6.07) is 12.6. The molecule has 0 spiro atoms. The van der Waals surface area contributed by atoms with E-state index < -0.39 is 5.25 Å². The quantitative estimate of drug-likeness (QED) is 0.545. The highest BCUT2D eigenvalue weighted by molar-refractivity contribution is 8.15. The highest BCUT2D eigenvalue weighted by Gasteiger charge is 2.33. The maximum Gasteiger partial charge on any atom is 0.262 e. The molecule has 0 saturated carbocycles. The molecule has 2 aromatic carbocycles. The largest absolute Gasteiger partial charge is 0.491 e. The zero-order chi connectivity index (χ0) is 24.8. The topological polar surface area (TPSA) is 100 Å². The molecule has 2 aromatic rings. The van der Waals surface area contributed by atoms with Crippen LogP contribution in [0, 0.1) is 13.8 Å². The average molecular weight is 495 g/mol. The Kier molecular flexibility index (Phi) is 8.07. The minimum absolute atomic E-state index is 0.0625. The van der Waals surface area contributed by atoms with Crippen LogP contribution in [0.5, 0.6) is 5.75 Å². The zero-order valence-electron chi connectivity index (χ0n) is 20.0. The van der Waals surface area contributed by atoms with Crippen molar-refractivity contribution in [3.63, 3.8) is 0 Å². The summed E-state index contributed by atoms with van der Waals surface area (Å²) in [4.78, 5) is 43.3. The second-order valence-electron chi connectivity index (χ2n) is 8.74. The Morgan fingerprint density at radius 2 is 1.86 bits per heavy atom. The Hall–Kier alpha value is -3.33. The van der Waals surface area contributed by atoms with Crippen molar-refractivity contribution in [1.82, 2.24) is 10.2 Å². The first kappa shape index (κ1) is 24.8. The summed E-state index contributed by atoms with van der Waals surface area (Å²) in [5, 5.41) is 5.88. The predicted molar refractivity (Wildman–Crippen MR) is 138 cm³/mol. The molecule has 0 bridgehead atoms. The SMILES string of the molecule is Cc1ccc(OCCNC(=O)c2ccc(NC(=O)CC3SC(N4CCCC4)=NC3=O)cc2)c(C)c1. The number of carbonyl (C=O) groups excluding carboxylic acids is 3. The number of benzene rings is 2. The lowest BCUT2D eigenvalue weighted by Gasteiger charge is -2.16. The van der Waals surface area contributed by atoms with E-state index >= 15 is 0 Å². The molecule has 4 rings (SSSR count). The Bertz CT molecular complexity index is 1130. The number of thioether (sulfide) groups is 1. The van der Waals surface area contributed by atoms with Gasteiger partial charge >= 0.3 is 0 Å². The van der Waals surface area contributed by atoms with Crippen molar-refractivity contribution in [2.75, 3.05) is 31.6 Å².